The highest BCUT2D eigenvalue weighted by atomic mass is 19.1. The van der Waals surface area contributed by atoms with Crippen LogP contribution in [0.15, 0.2) is 42.6 Å². The van der Waals surface area contributed by atoms with E-state index < -0.39 is 29.3 Å². The number of hydrogen-bond donors (Lipinski definition) is 4. The van der Waals surface area contributed by atoms with Gasteiger partial charge in [-0.05, 0) is 44.0 Å². The van der Waals surface area contributed by atoms with Gasteiger partial charge < -0.3 is 40.4 Å². The van der Waals surface area contributed by atoms with Crippen molar-refractivity contribution in [3.63, 3.8) is 0 Å². The van der Waals surface area contributed by atoms with Gasteiger partial charge in [0.15, 0.2) is 23.1 Å². The highest BCUT2D eigenvalue weighted by Crippen LogP contribution is 2.41. The van der Waals surface area contributed by atoms with Gasteiger partial charge in [-0.25, -0.2) is 9.37 Å². The number of rotatable bonds is 1. The summed E-state index contributed by atoms with van der Waals surface area (Å²) in [5.74, 6) is -1.49. The SMILES string of the molecule is COc1cc2ccc1OCCNC(=O)[C@H]1CCCN1C(=O)C1(C)Oc3cccc(c3NC1=O)Nc1nc(ncc1F)N2. The summed E-state index contributed by atoms with van der Waals surface area (Å²) in [4.78, 5) is 49.8. The molecule has 218 valence electrons. The van der Waals surface area contributed by atoms with E-state index in [1.54, 1.807) is 36.4 Å². The van der Waals surface area contributed by atoms with Crippen LogP contribution in [0.1, 0.15) is 19.8 Å². The first kappa shape index (κ1) is 27.1. The number of carbonyl (C=O) groups is 3. The third-order valence-electron chi connectivity index (χ3n) is 7.31. The number of nitrogens with one attached hydrogen (secondary N) is 4. The van der Waals surface area contributed by atoms with E-state index in [0.717, 1.165) is 6.20 Å². The van der Waals surface area contributed by atoms with E-state index in [1.165, 1.54) is 18.9 Å². The summed E-state index contributed by atoms with van der Waals surface area (Å²) >= 11 is 0. The number of anilines is 5. The molecule has 0 aliphatic carbocycles. The van der Waals surface area contributed by atoms with Crippen LogP contribution >= 0.6 is 0 Å². The van der Waals surface area contributed by atoms with Gasteiger partial charge in [0.1, 0.15) is 24.1 Å². The van der Waals surface area contributed by atoms with Crippen LogP contribution in [0.2, 0.25) is 0 Å². The second-order valence-electron chi connectivity index (χ2n) is 10.1. The molecule has 13 nitrogen and oxygen atoms in total. The molecule has 14 heteroatoms. The molecule has 6 aliphatic heterocycles. The molecule has 0 saturated carbocycles. The maximum absolute atomic E-state index is 14.8. The summed E-state index contributed by atoms with van der Waals surface area (Å²) in [7, 11) is 1.49. The van der Waals surface area contributed by atoms with Crippen LogP contribution in [0.5, 0.6) is 17.2 Å². The summed E-state index contributed by atoms with van der Waals surface area (Å²) in [6.45, 7) is 1.97. The van der Waals surface area contributed by atoms with Crippen molar-refractivity contribution in [1.82, 2.24) is 20.2 Å². The fraction of sp³-hybridized carbons (Fsp3) is 0.321. The van der Waals surface area contributed by atoms with Crippen LogP contribution in [-0.4, -0.2) is 71.0 Å². The smallest absolute Gasteiger partial charge is 0.278 e. The van der Waals surface area contributed by atoms with Gasteiger partial charge in [0.05, 0.1) is 25.5 Å². The molecule has 1 aromatic heterocycles. The van der Waals surface area contributed by atoms with E-state index in [-0.39, 0.29) is 47.9 Å². The zero-order valence-electron chi connectivity index (χ0n) is 22.8. The van der Waals surface area contributed by atoms with Gasteiger partial charge in [-0.3, -0.25) is 14.4 Å². The second-order valence-corrected chi connectivity index (χ2v) is 10.1. The van der Waals surface area contributed by atoms with E-state index in [4.69, 9.17) is 14.2 Å². The predicted octanol–water partition coefficient (Wildman–Crippen LogP) is 2.70. The lowest BCUT2D eigenvalue weighted by Gasteiger charge is -2.37. The van der Waals surface area contributed by atoms with Gasteiger partial charge >= 0.3 is 0 Å². The van der Waals surface area contributed by atoms with Crippen LogP contribution in [0.25, 0.3) is 0 Å². The van der Waals surface area contributed by atoms with Crippen molar-refractivity contribution in [2.45, 2.75) is 31.4 Å². The highest BCUT2D eigenvalue weighted by molar-refractivity contribution is 6.17. The molecule has 4 N–H and O–H groups in total. The van der Waals surface area contributed by atoms with Crippen molar-refractivity contribution in [3.8, 4) is 17.2 Å². The van der Waals surface area contributed by atoms with Crippen molar-refractivity contribution in [3.05, 3.63) is 48.4 Å². The van der Waals surface area contributed by atoms with Crippen LogP contribution in [0, 0.1) is 5.82 Å². The minimum absolute atomic E-state index is 0.0860. The number of nitrogens with zero attached hydrogens (tertiary/aromatic N) is 3. The molecule has 0 radical (unpaired) electrons. The average molecular weight is 578 g/mol. The van der Waals surface area contributed by atoms with Crippen molar-refractivity contribution in [2.75, 3.05) is 42.8 Å². The van der Waals surface area contributed by atoms with Crippen molar-refractivity contribution >= 4 is 46.5 Å². The zero-order chi connectivity index (χ0) is 29.4. The number of para-hydroxylation sites is 1. The molecule has 0 spiro atoms. The third-order valence-corrected chi connectivity index (χ3v) is 7.31. The molecule has 7 heterocycles. The summed E-state index contributed by atoms with van der Waals surface area (Å²) in [5, 5.41) is 11.4. The normalized spacial score (nSPS) is 21.8. The molecule has 1 saturated heterocycles. The van der Waals surface area contributed by atoms with Gasteiger partial charge in [0.2, 0.25) is 11.9 Å². The largest absolute Gasteiger partial charge is 0.493 e. The quantitative estimate of drug-likeness (QED) is 0.317. The molecule has 9 rings (SSSR count). The Kier molecular flexibility index (Phi) is 6.88. The molecule has 3 aromatic rings. The summed E-state index contributed by atoms with van der Waals surface area (Å²) in [6.07, 6.45) is 2.04. The number of methoxy groups -OCH3 is 1. The number of carbonyl (C=O) groups excluding carboxylic acids is 3. The lowest BCUT2D eigenvalue weighted by molar-refractivity contribution is -0.157. The molecule has 1 fully saturated rings. The van der Waals surface area contributed by atoms with Crippen molar-refractivity contribution in [1.29, 1.82) is 0 Å². The Morgan fingerprint density at radius 3 is 2.81 bits per heavy atom. The number of aromatic nitrogens is 2. The van der Waals surface area contributed by atoms with Gasteiger partial charge in [0.25, 0.3) is 17.4 Å². The van der Waals surface area contributed by atoms with Crippen molar-refractivity contribution < 1.29 is 33.0 Å². The molecule has 3 amide bonds. The number of benzene rings is 2. The molecule has 8 bridgehead atoms. The molecular formula is C28H28FN7O6. The Morgan fingerprint density at radius 2 is 1.98 bits per heavy atom. The van der Waals surface area contributed by atoms with E-state index in [0.29, 0.717) is 36.6 Å². The average Bonchev–Trinajstić information content (AvgIpc) is 3.47. The lowest BCUT2D eigenvalue weighted by atomic mass is 9.99. The van der Waals surface area contributed by atoms with E-state index >= 15 is 0 Å². The Balaban J connectivity index is 1.39. The lowest BCUT2D eigenvalue weighted by Crippen LogP contribution is -2.61. The molecule has 42 heavy (non-hydrogen) atoms. The number of ether oxygens (including phenoxy) is 3. The molecule has 2 atom stereocenters. The maximum Gasteiger partial charge on any atom is 0.278 e. The number of amides is 3. The first-order valence-electron chi connectivity index (χ1n) is 13.4. The van der Waals surface area contributed by atoms with E-state index in [9.17, 15) is 18.8 Å². The zero-order valence-corrected chi connectivity index (χ0v) is 22.8. The minimum Gasteiger partial charge on any atom is -0.493 e. The minimum atomic E-state index is -1.94. The molecule has 2 aromatic carbocycles. The standard InChI is InChI=1S/C28H28FN7O6/c1-28-25(38)34-22-17(5-3-7-20(22)42-28)33-23-16(29)14-31-27(35-23)32-15-8-9-19(21(13-15)40-2)41-12-10-30-24(37)18-6-4-11-36(18)26(28)39/h3,5,7-9,13-14,18H,4,6,10-12H2,1-2H3,(H,30,37)(H,34,38)(H2,31,32,33,35)/t18-,28?/m1/s1. The fourth-order valence-corrected chi connectivity index (χ4v) is 5.13. The Morgan fingerprint density at radius 1 is 1.12 bits per heavy atom. The fourth-order valence-electron chi connectivity index (χ4n) is 5.13. The second kappa shape index (κ2) is 10.7. The monoisotopic (exact) mass is 577 g/mol. The van der Waals surface area contributed by atoms with Crippen molar-refractivity contribution in [2.24, 2.45) is 0 Å². The summed E-state index contributed by atoms with van der Waals surface area (Å²) in [6, 6.07) is 9.10. The van der Waals surface area contributed by atoms with Gasteiger partial charge in [0, 0.05) is 18.3 Å². The van der Waals surface area contributed by atoms with Crippen LogP contribution in [-0.2, 0) is 14.4 Å². The Labute approximate surface area is 239 Å². The molecule has 1 unspecified atom stereocenters. The third kappa shape index (κ3) is 4.84. The Hall–Kier alpha value is -5.14. The molecular weight excluding hydrogens is 549 g/mol. The molecule has 6 aliphatic rings. The van der Waals surface area contributed by atoms with E-state index in [1.807, 2.05) is 0 Å². The van der Waals surface area contributed by atoms with Crippen LogP contribution in [0.4, 0.5) is 33.2 Å². The van der Waals surface area contributed by atoms with Crippen LogP contribution in [0.3, 0.4) is 0 Å². The summed E-state index contributed by atoms with van der Waals surface area (Å²) in [5.41, 5.74) is -0.898. The van der Waals surface area contributed by atoms with Crippen LogP contribution < -0.4 is 35.5 Å². The topological polar surface area (TPSA) is 156 Å². The summed E-state index contributed by atoms with van der Waals surface area (Å²) < 4.78 is 32.1. The Bertz CT molecular complexity index is 1590. The van der Waals surface area contributed by atoms with Gasteiger partial charge in [-0.1, -0.05) is 6.07 Å². The van der Waals surface area contributed by atoms with E-state index in [2.05, 4.69) is 31.2 Å². The predicted molar refractivity (Wildman–Crippen MR) is 149 cm³/mol. The first-order valence-corrected chi connectivity index (χ1v) is 13.4. The van der Waals surface area contributed by atoms with Gasteiger partial charge in [-0.15, -0.1) is 0 Å². The number of hydrogen-bond acceptors (Lipinski definition) is 10. The highest BCUT2D eigenvalue weighted by Gasteiger charge is 2.52. The number of halogens is 1. The van der Waals surface area contributed by atoms with Gasteiger partial charge in [-0.2, -0.15) is 4.98 Å². The first-order chi connectivity index (χ1) is 20.3. The maximum atomic E-state index is 14.8.